The summed E-state index contributed by atoms with van der Waals surface area (Å²) in [5, 5.41) is 2.25. The summed E-state index contributed by atoms with van der Waals surface area (Å²) >= 11 is 4.39. The Labute approximate surface area is 103 Å². The Balaban J connectivity index is 0.000000293. The normalized spacial score (nSPS) is 10.7. The number of thiocarbonyl (C=S) groups is 1. The van der Waals surface area contributed by atoms with Crippen LogP contribution in [0.15, 0.2) is 29.5 Å². The van der Waals surface area contributed by atoms with Gasteiger partial charge in [0, 0.05) is 12.2 Å². The van der Waals surface area contributed by atoms with E-state index >= 15 is 0 Å². The Morgan fingerprint density at radius 1 is 1.62 bits per heavy atom. The van der Waals surface area contributed by atoms with E-state index < -0.39 is 0 Å². The van der Waals surface area contributed by atoms with Gasteiger partial charge in [-0.1, -0.05) is 19.8 Å². The van der Waals surface area contributed by atoms with E-state index in [1.54, 1.807) is 18.5 Å². The third-order valence-corrected chi connectivity index (χ3v) is 1.92. The molecule has 3 nitrogen and oxygen atoms in total. The zero-order chi connectivity index (χ0) is 12.2. The zero-order valence-corrected chi connectivity index (χ0v) is 10.7. The molecule has 1 aromatic rings. The fourth-order valence-corrected chi connectivity index (χ4v) is 1.10. The van der Waals surface area contributed by atoms with Crippen LogP contribution in [0.25, 0.3) is 0 Å². The molecule has 1 unspecified atom stereocenters. The molecule has 0 aromatic carbocycles. The number of pyridine rings is 1. The van der Waals surface area contributed by atoms with Crippen molar-refractivity contribution < 1.29 is 0 Å². The number of hydrogen-bond acceptors (Lipinski definition) is 4. The molecular formula is C12H19N3S. The highest BCUT2D eigenvalue weighted by atomic mass is 32.1. The van der Waals surface area contributed by atoms with E-state index in [9.17, 15) is 0 Å². The summed E-state index contributed by atoms with van der Waals surface area (Å²) in [6.45, 7) is 4.23. The minimum atomic E-state index is 0.403. The number of hydrogen-bond donors (Lipinski definition) is 1. The maximum Gasteiger partial charge on any atom is 0.0922 e. The van der Waals surface area contributed by atoms with Gasteiger partial charge in [-0.3, -0.25) is 4.98 Å². The first-order valence-corrected chi connectivity index (χ1v) is 5.85. The molecule has 88 valence electrons. The van der Waals surface area contributed by atoms with Gasteiger partial charge in [-0.25, -0.2) is 0 Å². The molecule has 0 aliphatic heterocycles. The van der Waals surface area contributed by atoms with Crippen LogP contribution in [-0.2, 0) is 0 Å². The summed E-state index contributed by atoms with van der Waals surface area (Å²) < 4.78 is 0. The average molecular weight is 237 g/mol. The highest BCUT2D eigenvalue weighted by Crippen LogP contribution is 2.04. The summed E-state index contributed by atoms with van der Waals surface area (Å²) in [6.07, 6.45) is 7.03. The SMILES string of the molecule is CCCCC(C)N.S=C=Nc1cccnc1. The quantitative estimate of drug-likeness (QED) is 0.645. The number of nitrogens with zero attached hydrogens (tertiary/aromatic N) is 2. The van der Waals surface area contributed by atoms with Gasteiger partial charge in [-0.15, -0.1) is 0 Å². The number of unbranched alkanes of at least 4 members (excludes halogenated alkanes) is 1. The molecule has 0 saturated carbocycles. The van der Waals surface area contributed by atoms with Crippen LogP contribution in [0.3, 0.4) is 0 Å². The summed E-state index contributed by atoms with van der Waals surface area (Å²) in [5.74, 6) is 0. The largest absolute Gasteiger partial charge is 0.328 e. The second-order valence-corrected chi connectivity index (χ2v) is 3.72. The molecular weight excluding hydrogens is 218 g/mol. The average Bonchev–Trinajstić information content (AvgIpc) is 2.29. The van der Waals surface area contributed by atoms with Gasteiger partial charge in [-0.2, -0.15) is 4.99 Å². The second kappa shape index (κ2) is 10.4. The minimum absolute atomic E-state index is 0.403. The van der Waals surface area contributed by atoms with Crippen molar-refractivity contribution in [2.24, 2.45) is 10.7 Å². The van der Waals surface area contributed by atoms with Crippen LogP contribution >= 0.6 is 12.2 Å². The van der Waals surface area contributed by atoms with Crippen molar-refractivity contribution in [3.63, 3.8) is 0 Å². The van der Waals surface area contributed by atoms with E-state index in [1.807, 2.05) is 6.07 Å². The zero-order valence-electron chi connectivity index (χ0n) is 9.89. The van der Waals surface area contributed by atoms with Gasteiger partial charge < -0.3 is 5.73 Å². The third kappa shape index (κ3) is 9.46. The van der Waals surface area contributed by atoms with Crippen LogP contribution in [0, 0.1) is 0 Å². The fraction of sp³-hybridized carbons (Fsp3) is 0.500. The Bertz CT molecular complexity index is 305. The molecule has 0 saturated heterocycles. The lowest BCUT2D eigenvalue weighted by Crippen LogP contribution is -2.13. The van der Waals surface area contributed by atoms with Gasteiger partial charge in [0.1, 0.15) is 0 Å². The molecule has 2 N–H and O–H groups in total. The smallest absolute Gasteiger partial charge is 0.0922 e. The lowest BCUT2D eigenvalue weighted by atomic mass is 10.2. The van der Waals surface area contributed by atoms with E-state index in [0.717, 1.165) is 5.69 Å². The predicted molar refractivity (Wildman–Crippen MR) is 72.1 cm³/mol. The fourth-order valence-electron chi connectivity index (χ4n) is 0.999. The molecule has 0 fully saturated rings. The Morgan fingerprint density at radius 2 is 2.38 bits per heavy atom. The summed E-state index contributed by atoms with van der Waals surface area (Å²) in [5.41, 5.74) is 6.22. The van der Waals surface area contributed by atoms with Crippen LogP contribution in [0.2, 0.25) is 0 Å². The van der Waals surface area contributed by atoms with Crippen LogP contribution in [0.4, 0.5) is 5.69 Å². The molecule has 1 aromatic heterocycles. The van der Waals surface area contributed by atoms with Crippen molar-refractivity contribution in [2.45, 2.75) is 39.2 Å². The van der Waals surface area contributed by atoms with Gasteiger partial charge in [0.25, 0.3) is 0 Å². The monoisotopic (exact) mass is 237 g/mol. The molecule has 0 bridgehead atoms. The van der Waals surface area contributed by atoms with E-state index in [-0.39, 0.29) is 0 Å². The molecule has 1 atom stereocenters. The highest BCUT2D eigenvalue weighted by Gasteiger charge is 1.88. The summed E-state index contributed by atoms with van der Waals surface area (Å²) in [7, 11) is 0. The van der Waals surface area contributed by atoms with Gasteiger partial charge >= 0.3 is 0 Å². The van der Waals surface area contributed by atoms with Crippen molar-refractivity contribution in [1.29, 1.82) is 0 Å². The van der Waals surface area contributed by atoms with Gasteiger partial charge in [-0.05, 0) is 37.7 Å². The van der Waals surface area contributed by atoms with Crippen LogP contribution in [0.1, 0.15) is 33.1 Å². The van der Waals surface area contributed by atoms with E-state index in [4.69, 9.17) is 5.73 Å². The first-order chi connectivity index (χ1) is 7.70. The van der Waals surface area contributed by atoms with Gasteiger partial charge in [0.05, 0.1) is 17.0 Å². The van der Waals surface area contributed by atoms with Crippen molar-refractivity contribution in [2.75, 3.05) is 0 Å². The van der Waals surface area contributed by atoms with Crippen LogP contribution in [0.5, 0.6) is 0 Å². The first kappa shape index (κ1) is 14.9. The minimum Gasteiger partial charge on any atom is -0.328 e. The molecule has 0 spiro atoms. The number of aliphatic imine (C=N–C) groups is 1. The van der Waals surface area contributed by atoms with Crippen molar-refractivity contribution in [3.8, 4) is 0 Å². The first-order valence-electron chi connectivity index (χ1n) is 5.44. The molecule has 1 heterocycles. The molecule has 1 rings (SSSR count). The highest BCUT2D eigenvalue weighted by molar-refractivity contribution is 7.78. The molecule has 0 amide bonds. The van der Waals surface area contributed by atoms with E-state index in [1.165, 1.54) is 19.3 Å². The van der Waals surface area contributed by atoms with Gasteiger partial charge in [0.2, 0.25) is 0 Å². The topological polar surface area (TPSA) is 51.3 Å². The molecule has 0 aliphatic rings. The number of aromatic nitrogens is 1. The molecule has 0 aliphatic carbocycles. The maximum absolute atomic E-state index is 5.48. The number of nitrogens with two attached hydrogens (primary N) is 1. The summed E-state index contributed by atoms with van der Waals surface area (Å²) in [6, 6.07) is 4.01. The maximum atomic E-state index is 5.48. The predicted octanol–water partition coefficient (Wildman–Crippen LogP) is 3.34. The summed E-state index contributed by atoms with van der Waals surface area (Å²) in [4.78, 5) is 7.53. The number of isothiocyanates is 1. The standard InChI is InChI=1S/C6H4N2S.C6H15N/c9-5-8-6-2-1-3-7-4-6;1-3-4-5-6(2)7/h1-4H;6H,3-5,7H2,1-2H3. The molecule has 4 heteroatoms. The Morgan fingerprint density at radius 3 is 2.75 bits per heavy atom. The van der Waals surface area contributed by atoms with Crippen LogP contribution < -0.4 is 5.73 Å². The Hall–Kier alpha value is -1.09. The van der Waals surface area contributed by atoms with Crippen molar-refractivity contribution in [1.82, 2.24) is 4.98 Å². The van der Waals surface area contributed by atoms with Crippen LogP contribution in [-0.4, -0.2) is 16.2 Å². The molecule has 0 radical (unpaired) electrons. The van der Waals surface area contributed by atoms with E-state index in [0.29, 0.717) is 6.04 Å². The lowest BCUT2D eigenvalue weighted by Gasteiger charge is -1.99. The Kier molecular flexibility index (Phi) is 9.72. The lowest BCUT2D eigenvalue weighted by molar-refractivity contribution is 0.616. The van der Waals surface area contributed by atoms with Crippen molar-refractivity contribution >= 4 is 23.1 Å². The van der Waals surface area contributed by atoms with Crippen molar-refractivity contribution in [3.05, 3.63) is 24.5 Å². The van der Waals surface area contributed by atoms with Gasteiger partial charge in [0.15, 0.2) is 0 Å². The second-order valence-electron chi connectivity index (χ2n) is 3.53. The van der Waals surface area contributed by atoms with E-state index in [2.05, 4.69) is 41.2 Å². The number of rotatable bonds is 4. The molecule has 16 heavy (non-hydrogen) atoms. The third-order valence-electron chi connectivity index (χ3n) is 1.83.